The molecule has 0 fully saturated rings. The molecule has 0 rings (SSSR count). The summed E-state index contributed by atoms with van der Waals surface area (Å²) in [4.78, 5) is 21.0. The van der Waals surface area contributed by atoms with Crippen LogP contribution in [0.15, 0.2) is 0 Å². The van der Waals surface area contributed by atoms with Gasteiger partial charge < -0.3 is 49.8 Å². The standard InChI is InChI=1S/C11H22NO.C8H19N.C5H9NO.C2H6N.2Y/c1-5-10(13)12-9-7-6-8-11(2,3)4;1-8(2,3)6-4-5-7-9;1-3-5(7)6-4-2;1-2-3;;/h1,5-9H2,2-4H3,(H,12,13);4-7,9H2,1-3H3;1-4H2,(H,6,7);1-3H2;;/q-1;;-2;-1;;. The van der Waals surface area contributed by atoms with Gasteiger partial charge in [0.2, 0.25) is 0 Å². The van der Waals surface area contributed by atoms with Crippen LogP contribution in [-0.4, -0.2) is 38.0 Å². The molecule has 6 nitrogen and oxygen atoms in total. The molecule has 0 saturated heterocycles. The molecular formula is C26H56N4O2Y2-4. The van der Waals surface area contributed by atoms with Gasteiger partial charge >= 0.3 is 0 Å². The molecule has 0 aromatic rings. The predicted octanol–water partition coefficient (Wildman–Crippen LogP) is 4.64. The second-order valence-corrected chi connectivity index (χ2v) is 9.81. The van der Waals surface area contributed by atoms with Crippen molar-refractivity contribution in [3.05, 3.63) is 27.7 Å². The summed E-state index contributed by atoms with van der Waals surface area (Å²) >= 11 is 0. The summed E-state index contributed by atoms with van der Waals surface area (Å²) < 4.78 is 0. The minimum Gasteiger partial charge on any atom is -0.388 e. The molecular weight excluding hydrogens is 578 g/mol. The fraction of sp³-hybridized carbons (Fsp3) is 0.769. The number of nitrogens with one attached hydrogen (secondary N) is 2. The van der Waals surface area contributed by atoms with Crippen LogP contribution in [-0.2, 0) is 75.0 Å². The van der Waals surface area contributed by atoms with E-state index in [2.05, 4.69) is 79.9 Å². The Balaban J connectivity index is -0.0000000825. The van der Waals surface area contributed by atoms with Crippen LogP contribution in [0.25, 0.3) is 0 Å². The van der Waals surface area contributed by atoms with Crippen molar-refractivity contribution >= 4 is 11.8 Å². The first kappa shape index (κ1) is 48.2. The molecule has 0 saturated carbocycles. The van der Waals surface area contributed by atoms with Crippen LogP contribution in [0, 0.1) is 38.5 Å². The van der Waals surface area contributed by atoms with Crippen LogP contribution < -0.4 is 22.1 Å². The van der Waals surface area contributed by atoms with Crippen molar-refractivity contribution in [2.24, 2.45) is 22.3 Å². The first-order chi connectivity index (χ1) is 14.7. The van der Waals surface area contributed by atoms with Crippen LogP contribution in [0.5, 0.6) is 0 Å². The number of hydrogen-bond donors (Lipinski definition) is 4. The van der Waals surface area contributed by atoms with Crippen molar-refractivity contribution in [3.8, 4) is 0 Å². The van der Waals surface area contributed by atoms with Crippen molar-refractivity contribution in [3.63, 3.8) is 0 Å². The maximum atomic E-state index is 10.8. The molecule has 2 radical (unpaired) electrons. The maximum absolute atomic E-state index is 10.8. The molecule has 8 heteroatoms. The molecule has 0 spiro atoms. The number of rotatable bonds is 10. The SMILES string of the molecule is CC(C)(C)CCCCN.[CH2-]CC(=O)NCCCCC(C)(C)C.[CH2-]CN.[CH2-]CNC(=O)C[CH2-].[Y].[Y]. The summed E-state index contributed by atoms with van der Waals surface area (Å²) in [5.41, 5.74) is 11.0. The van der Waals surface area contributed by atoms with Gasteiger partial charge in [-0.1, -0.05) is 54.4 Å². The summed E-state index contributed by atoms with van der Waals surface area (Å²) in [5, 5.41) is 5.30. The van der Waals surface area contributed by atoms with Crippen LogP contribution in [0.4, 0.5) is 0 Å². The van der Waals surface area contributed by atoms with Gasteiger partial charge in [-0.15, -0.1) is 25.9 Å². The van der Waals surface area contributed by atoms with E-state index in [1.807, 2.05) is 0 Å². The zero-order chi connectivity index (χ0) is 26.1. The average molecular weight is 635 g/mol. The van der Waals surface area contributed by atoms with E-state index >= 15 is 0 Å². The minimum absolute atomic E-state index is 0. The molecule has 0 bridgehead atoms. The fourth-order valence-electron chi connectivity index (χ4n) is 2.12. The van der Waals surface area contributed by atoms with E-state index in [1.165, 1.54) is 32.1 Å². The minimum atomic E-state index is -0.0463. The van der Waals surface area contributed by atoms with Gasteiger partial charge in [0.25, 0.3) is 0 Å². The van der Waals surface area contributed by atoms with Crippen molar-refractivity contribution in [2.75, 3.05) is 26.2 Å². The van der Waals surface area contributed by atoms with Crippen molar-refractivity contribution < 1.29 is 75.0 Å². The average Bonchev–Trinajstić information content (AvgIpc) is 2.67. The van der Waals surface area contributed by atoms with E-state index < -0.39 is 0 Å². The van der Waals surface area contributed by atoms with Gasteiger partial charge in [0, 0.05) is 72.0 Å². The Labute approximate surface area is 264 Å². The summed E-state index contributed by atoms with van der Waals surface area (Å²) in [7, 11) is 0. The van der Waals surface area contributed by atoms with E-state index in [4.69, 9.17) is 11.5 Å². The Morgan fingerprint density at radius 3 is 1.29 bits per heavy atom. The molecule has 0 atom stereocenters. The third-order valence-electron chi connectivity index (χ3n) is 3.83. The Bertz CT molecular complexity index is 411. The predicted molar refractivity (Wildman–Crippen MR) is 141 cm³/mol. The Kier molecular flexibility index (Phi) is 48.3. The van der Waals surface area contributed by atoms with Gasteiger partial charge in [-0.25, -0.2) is 0 Å². The molecule has 0 aliphatic heterocycles. The number of carbonyl (C=O) groups excluding carboxylic acids is 2. The number of amides is 2. The van der Waals surface area contributed by atoms with Gasteiger partial charge in [0.1, 0.15) is 0 Å². The van der Waals surface area contributed by atoms with Gasteiger partial charge in [0.05, 0.1) is 0 Å². The van der Waals surface area contributed by atoms with Gasteiger partial charge in [-0.2, -0.15) is 0 Å². The van der Waals surface area contributed by atoms with E-state index in [-0.39, 0.29) is 77.2 Å². The smallest absolute Gasteiger partial charge is 0.189 e. The maximum Gasteiger partial charge on any atom is 0.189 e. The zero-order valence-electron chi connectivity index (χ0n) is 23.4. The molecule has 6 N–H and O–H groups in total. The first-order valence-corrected chi connectivity index (χ1v) is 11.8. The topological polar surface area (TPSA) is 110 Å². The summed E-state index contributed by atoms with van der Waals surface area (Å²) in [5.74, 6) is 0.00533. The second kappa shape index (κ2) is 34.1. The normalized spacial score (nSPS) is 9.76. The van der Waals surface area contributed by atoms with E-state index in [0.717, 1.165) is 19.5 Å². The second-order valence-electron chi connectivity index (χ2n) is 9.81. The molecule has 0 aliphatic rings. The third-order valence-corrected chi connectivity index (χ3v) is 3.83. The van der Waals surface area contributed by atoms with Gasteiger partial charge in [-0.3, -0.25) is 9.59 Å². The Morgan fingerprint density at radius 1 is 0.676 bits per heavy atom. The zero-order valence-corrected chi connectivity index (χ0v) is 29.1. The fourth-order valence-corrected chi connectivity index (χ4v) is 2.12. The number of nitrogens with two attached hydrogens (primary N) is 2. The summed E-state index contributed by atoms with van der Waals surface area (Å²) in [6, 6.07) is 0. The molecule has 0 aromatic heterocycles. The summed E-state index contributed by atoms with van der Waals surface area (Å²) in [6.07, 6.45) is 7.87. The van der Waals surface area contributed by atoms with Crippen LogP contribution >= 0.6 is 0 Å². The van der Waals surface area contributed by atoms with E-state index in [1.54, 1.807) is 0 Å². The van der Waals surface area contributed by atoms with Crippen LogP contribution in [0.3, 0.4) is 0 Å². The Morgan fingerprint density at radius 2 is 1.03 bits per heavy atom. The largest absolute Gasteiger partial charge is 0.388 e. The monoisotopic (exact) mass is 634 g/mol. The summed E-state index contributed by atoms with van der Waals surface area (Å²) in [6.45, 7) is 29.7. The molecule has 2 amide bonds. The van der Waals surface area contributed by atoms with E-state index in [9.17, 15) is 9.59 Å². The van der Waals surface area contributed by atoms with Gasteiger partial charge in [-0.05, 0) is 43.1 Å². The number of carbonyl (C=O) groups is 2. The molecule has 202 valence electrons. The first-order valence-electron chi connectivity index (χ1n) is 11.8. The molecule has 34 heavy (non-hydrogen) atoms. The quantitative estimate of drug-likeness (QED) is 0.207. The molecule has 0 unspecified atom stereocenters. The molecule has 0 heterocycles. The van der Waals surface area contributed by atoms with Crippen LogP contribution in [0.1, 0.15) is 92.9 Å². The third kappa shape index (κ3) is 63.9. The van der Waals surface area contributed by atoms with Crippen molar-refractivity contribution in [1.29, 1.82) is 0 Å². The number of unbranched alkanes of at least 4 members (excludes halogenated alkanes) is 2. The van der Waals surface area contributed by atoms with Crippen molar-refractivity contribution in [1.82, 2.24) is 10.6 Å². The molecule has 0 aliphatic carbocycles. The van der Waals surface area contributed by atoms with Crippen LogP contribution in [0.2, 0.25) is 0 Å². The van der Waals surface area contributed by atoms with E-state index in [0.29, 0.717) is 36.8 Å². The molecule has 0 aromatic carbocycles. The Hall–Kier alpha value is 1.07. The van der Waals surface area contributed by atoms with Gasteiger partial charge in [0.15, 0.2) is 11.8 Å². The van der Waals surface area contributed by atoms with Crippen molar-refractivity contribution in [2.45, 2.75) is 92.9 Å². The number of hydrogen-bond acceptors (Lipinski definition) is 4.